The van der Waals surface area contributed by atoms with Gasteiger partial charge in [0.25, 0.3) is 0 Å². The van der Waals surface area contributed by atoms with Crippen molar-refractivity contribution >= 4 is 26.9 Å². The molecule has 2 nitrogen and oxygen atoms in total. The van der Waals surface area contributed by atoms with Gasteiger partial charge in [0.2, 0.25) is 0 Å². The van der Waals surface area contributed by atoms with E-state index in [4.69, 9.17) is 0 Å². The fraction of sp³-hybridized carbons (Fsp3) is 0. The van der Waals surface area contributed by atoms with Crippen molar-refractivity contribution in [2.24, 2.45) is 0 Å². The van der Waals surface area contributed by atoms with E-state index in [1.807, 2.05) is 23.1 Å². The quantitative estimate of drug-likeness (QED) is 0.512. The first-order valence-electron chi connectivity index (χ1n) is 3.73. The van der Waals surface area contributed by atoms with Gasteiger partial charge < -0.3 is 4.40 Å². The summed E-state index contributed by atoms with van der Waals surface area (Å²) in [5.41, 5.74) is 1.19. The van der Waals surface area contributed by atoms with Crippen LogP contribution in [0.1, 0.15) is 0 Å². The van der Waals surface area contributed by atoms with E-state index < -0.39 is 0 Å². The number of hydrogen-bond acceptors (Lipinski definition) is 2. The van der Waals surface area contributed by atoms with Crippen molar-refractivity contribution in [1.29, 1.82) is 0 Å². The Labute approximate surface area is 73.1 Å². The lowest BCUT2D eigenvalue weighted by molar-refractivity contribution is 1.16. The van der Waals surface area contributed by atoms with Gasteiger partial charge in [0.15, 0.2) is 0 Å². The normalized spacial score (nSPS) is 11.3. The van der Waals surface area contributed by atoms with Crippen molar-refractivity contribution in [3.63, 3.8) is 0 Å². The Bertz CT molecular complexity index is 486. The minimum absolute atomic E-state index is 1.19. The van der Waals surface area contributed by atoms with Crippen LogP contribution in [0.15, 0.2) is 36.2 Å². The third-order valence-electron chi connectivity index (χ3n) is 2.02. The van der Waals surface area contributed by atoms with Gasteiger partial charge in [-0.25, -0.2) is 4.98 Å². The van der Waals surface area contributed by atoms with E-state index in [2.05, 4.69) is 22.5 Å². The smallest absolute Gasteiger partial charge is 0.0992 e. The zero-order chi connectivity index (χ0) is 7.97. The molecule has 3 aromatic rings. The molecule has 58 valence electrons. The molecule has 3 heteroatoms. The third-order valence-corrected chi connectivity index (χ3v) is 2.91. The Morgan fingerprint density at radius 1 is 1.33 bits per heavy atom. The molecule has 0 bridgehead atoms. The van der Waals surface area contributed by atoms with Crippen molar-refractivity contribution in [3.05, 3.63) is 36.2 Å². The second kappa shape index (κ2) is 2.08. The highest BCUT2D eigenvalue weighted by molar-refractivity contribution is 7.17. The lowest BCUT2D eigenvalue weighted by Gasteiger charge is -1.93. The van der Waals surface area contributed by atoms with Crippen LogP contribution in [0.25, 0.3) is 15.6 Å². The average molecular weight is 174 g/mol. The maximum absolute atomic E-state index is 4.10. The lowest BCUT2D eigenvalue weighted by Crippen LogP contribution is -1.78. The summed E-state index contributed by atoms with van der Waals surface area (Å²) in [7, 11) is 0. The molecule has 0 unspecified atom stereocenters. The van der Waals surface area contributed by atoms with Crippen molar-refractivity contribution in [2.45, 2.75) is 0 Å². The van der Waals surface area contributed by atoms with E-state index >= 15 is 0 Å². The first kappa shape index (κ1) is 6.20. The van der Waals surface area contributed by atoms with Crippen LogP contribution in [0.4, 0.5) is 0 Å². The monoisotopic (exact) mass is 174 g/mol. The molecule has 0 amide bonds. The largest absolute Gasteiger partial charge is 0.306 e. The SMILES string of the molecule is c1cc2c(ccn3cncc23)s1. The Balaban J connectivity index is 2.71. The summed E-state index contributed by atoms with van der Waals surface area (Å²) >= 11 is 1.76. The van der Waals surface area contributed by atoms with Gasteiger partial charge in [0.1, 0.15) is 0 Å². The average Bonchev–Trinajstić information content (AvgIpc) is 2.71. The Morgan fingerprint density at radius 2 is 2.33 bits per heavy atom. The second-order valence-electron chi connectivity index (χ2n) is 2.70. The summed E-state index contributed by atoms with van der Waals surface area (Å²) < 4.78 is 3.36. The first-order valence-corrected chi connectivity index (χ1v) is 4.61. The number of aromatic nitrogens is 2. The van der Waals surface area contributed by atoms with E-state index in [1.54, 1.807) is 11.3 Å². The molecular weight excluding hydrogens is 168 g/mol. The zero-order valence-corrected chi connectivity index (χ0v) is 7.08. The summed E-state index contributed by atoms with van der Waals surface area (Å²) in [5.74, 6) is 0. The number of hydrogen-bond donors (Lipinski definition) is 0. The molecule has 3 rings (SSSR count). The van der Waals surface area contributed by atoms with Crippen molar-refractivity contribution < 1.29 is 0 Å². The maximum Gasteiger partial charge on any atom is 0.0992 e. The number of imidazole rings is 1. The molecule has 0 fully saturated rings. The summed E-state index contributed by atoms with van der Waals surface area (Å²) in [5, 5.41) is 3.40. The third kappa shape index (κ3) is 0.662. The standard InChI is InChI=1S/C9H6N2S/c1-3-11-6-10-5-8(11)7-2-4-12-9(1)7/h1-6H. The van der Waals surface area contributed by atoms with E-state index in [0.29, 0.717) is 0 Å². The van der Waals surface area contributed by atoms with Crippen LogP contribution in [0.5, 0.6) is 0 Å². The predicted octanol–water partition coefficient (Wildman–Crippen LogP) is 2.55. The zero-order valence-electron chi connectivity index (χ0n) is 6.27. The van der Waals surface area contributed by atoms with E-state index in [-0.39, 0.29) is 0 Å². The van der Waals surface area contributed by atoms with Crippen LogP contribution in [-0.2, 0) is 0 Å². The highest BCUT2D eigenvalue weighted by Crippen LogP contribution is 2.24. The van der Waals surface area contributed by atoms with Crippen LogP contribution in [-0.4, -0.2) is 9.38 Å². The highest BCUT2D eigenvalue weighted by atomic mass is 32.1. The predicted molar refractivity (Wildman–Crippen MR) is 50.6 cm³/mol. The Kier molecular flexibility index (Phi) is 1.07. The molecule has 3 heterocycles. The van der Waals surface area contributed by atoms with E-state index in [1.165, 1.54) is 15.6 Å². The molecule has 0 spiro atoms. The lowest BCUT2D eigenvalue weighted by atomic mass is 10.3. The van der Waals surface area contributed by atoms with Crippen LogP contribution in [0.2, 0.25) is 0 Å². The number of thiophene rings is 1. The van der Waals surface area contributed by atoms with Gasteiger partial charge in [-0.05, 0) is 17.5 Å². The summed E-state index contributed by atoms with van der Waals surface area (Å²) in [6.45, 7) is 0. The highest BCUT2D eigenvalue weighted by Gasteiger charge is 1.99. The molecule has 0 aliphatic rings. The van der Waals surface area contributed by atoms with Crippen LogP contribution in [0, 0.1) is 0 Å². The van der Waals surface area contributed by atoms with Crippen LogP contribution >= 0.6 is 11.3 Å². The van der Waals surface area contributed by atoms with Gasteiger partial charge in [0, 0.05) is 16.3 Å². The Morgan fingerprint density at radius 3 is 3.33 bits per heavy atom. The first-order chi connectivity index (χ1) is 5.95. The number of pyridine rings is 1. The molecule has 12 heavy (non-hydrogen) atoms. The van der Waals surface area contributed by atoms with Gasteiger partial charge in [-0.15, -0.1) is 11.3 Å². The van der Waals surface area contributed by atoms with Crippen molar-refractivity contribution in [3.8, 4) is 0 Å². The fourth-order valence-corrected chi connectivity index (χ4v) is 2.23. The van der Waals surface area contributed by atoms with Crippen LogP contribution in [0.3, 0.4) is 0 Å². The summed E-state index contributed by atoms with van der Waals surface area (Å²) in [6.07, 6.45) is 5.77. The van der Waals surface area contributed by atoms with E-state index in [0.717, 1.165) is 0 Å². The molecule has 0 aliphatic carbocycles. The van der Waals surface area contributed by atoms with Gasteiger partial charge in [-0.3, -0.25) is 0 Å². The molecule has 0 atom stereocenters. The second-order valence-corrected chi connectivity index (χ2v) is 3.65. The molecular formula is C9H6N2S. The minimum atomic E-state index is 1.19. The molecule has 0 N–H and O–H groups in total. The van der Waals surface area contributed by atoms with Crippen molar-refractivity contribution in [1.82, 2.24) is 9.38 Å². The van der Waals surface area contributed by atoms with Gasteiger partial charge in [0.05, 0.1) is 18.0 Å². The van der Waals surface area contributed by atoms with Gasteiger partial charge in [-0.2, -0.15) is 0 Å². The Hall–Kier alpha value is -1.35. The fourth-order valence-electron chi connectivity index (χ4n) is 1.44. The molecule has 0 aromatic carbocycles. The number of rotatable bonds is 0. The van der Waals surface area contributed by atoms with Gasteiger partial charge in [-0.1, -0.05) is 0 Å². The molecule has 3 aromatic heterocycles. The maximum atomic E-state index is 4.10. The molecule has 0 radical (unpaired) electrons. The van der Waals surface area contributed by atoms with Gasteiger partial charge >= 0.3 is 0 Å². The molecule has 0 aliphatic heterocycles. The summed E-state index contributed by atoms with van der Waals surface area (Å²) in [6, 6.07) is 4.26. The minimum Gasteiger partial charge on any atom is -0.306 e. The topological polar surface area (TPSA) is 17.3 Å². The number of nitrogens with zero attached hydrogens (tertiary/aromatic N) is 2. The van der Waals surface area contributed by atoms with Crippen molar-refractivity contribution in [2.75, 3.05) is 0 Å². The van der Waals surface area contributed by atoms with E-state index in [9.17, 15) is 0 Å². The molecule has 0 saturated heterocycles. The number of fused-ring (bicyclic) bond motifs is 3. The van der Waals surface area contributed by atoms with Crippen LogP contribution < -0.4 is 0 Å². The molecule has 0 saturated carbocycles. The summed E-state index contributed by atoms with van der Waals surface area (Å²) in [4.78, 5) is 4.10.